The summed E-state index contributed by atoms with van der Waals surface area (Å²) in [4.78, 5) is 11.2. The summed E-state index contributed by atoms with van der Waals surface area (Å²) in [5, 5.41) is 2.52. The number of rotatable bonds is 4. The van der Waals surface area contributed by atoms with Crippen molar-refractivity contribution in [1.82, 2.24) is 0 Å². The van der Waals surface area contributed by atoms with Gasteiger partial charge in [0, 0.05) is 5.56 Å². The summed E-state index contributed by atoms with van der Waals surface area (Å²) in [6.45, 7) is 0.592. The fourth-order valence-corrected chi connectivity index (χ4v) is 7.09. The summed E-state index contributed by atoms with van der Waals surface area (Å²) in [5.41, 5.74) is 3.92. The first-order valence-electron chi connectivity index (χ1n) is 11.0. The molecule has 3 aromatic rings. The zero-order valence-corrected chi connectivity index (χ0v) is 16.6. The lowest BCUT2D eigenvalue weighted by atomic mass is 9.48. The zero-order valence-electron chi connectivity index (χ0n) is 16.6. The molecule has 7 rings (SSSR count). The second-order valence-corrected chi connectivity index (χ2v) is 9.68. The van der Waals surface area contributed by atoms with E-state index in [0.717, 1.165) is 23.5 Å². The molecule has 4 fully saturated rings. The first-order chi connectivity index (χ1) is 14.2. The number of benzene rings is 3. The van der Waals surface area contributed by atoms with Gasteiger partial charge in [0.15, 0.2) is 0 Å². The Morgan fingerprint density at radius 1 is 0.759 bits per heavy atom. The van der Waals surface area contributed by atoms with Gasteiger partial charge < -0.3 is 4.74 Å². The van der Waals surface area contributed by atoms with Crippen LogP contribution in [-0.2, 0) is 10.2 Å². The molecular weight excluding hydrogens is 356 g/mol. The fourth-order valence-electron chi connectivity index (χ4n) is 7.09. The molecule has 0 atom stereocenters. The van der Waals surface area contributed by atoms with E-state index >= 15 is 0 Å². The van der Waals surface area contributed by atoms with Crippen LogP contribution in [0.4, 0.5) is 0 Å². The molecule has 146 valence electrons. The molecule has 2 heteroatoms. The van der Waals surface area contributed by atoms with Gasteiger partial charge in [-0.1, -0.05) is 42.5 Å². The van der Waals surface area contributed by atoms with Crippen molar-refractivity contribution in [3.8, 4) is 16.9 Å². The van der Waals surface area contributed by atoms with Crippen LogP contribution in [0.25, 0.3) is 21.9 Å². The lowest BCUT2D eigenvalue weighted by Crippen LogP contribution is -2.48. The average molecular weight is 383 g/mol. The second-order valence-electron chi connectivity index (χ2n) is 9.68. The maximum Gasteiger partial charge on any atom is 0.298 e. The molecule has 4 aliphatic carbocycles. The van der Waals surface area contributed by atoms with Crippen molar-refractivity contribution >= 4 is 17.2 Å². The highest BCUT2D eigenvalue weighted by Gasteiger charge is 2.52. The predicted octanol–water partition coefficient (Wildman–Crippen LogP) is 6.51. The lowest BCUT2D eigenvalue weighted by molar-refractivity contribution is -0.120. The van der Waals surface area contributed by atoms with Gasteiger partial charge in [-0.25, -0.2) is 0 Å². The zero-order chi connectivity index (χ0) is 19.4. The number of carbonyl (C=O) groups excluding carboxylic acids is 1. The molecule has 0 aromatic heterocycles. The molecule has 2 nitrogen and oxygen atoms in total. The first-order valence-corrected chi connectivity index (χ1v) is 11.0. The van der Waals surface area contributed by atoms with E-state index < -0.39 is 0 Å². The second kappa shape index (κ2) is 6.45. The van der Waals surface area contributed by atoms with Crippen LogP contribution in [0, 0.1) is 17.8 Å². The van der Waals surface area contributed by atoms with Gasteiger partial charge >= 0.3 is 0 Å². The molecule has 0 spiro atoms. The number of ether oxygens (including phenoxy) is 1. The minimum atomic E-state index is 0.194. The van der Waals surface area contributed by atoms with Crippen molar-refractivity contribution < 1.29 is 9.53 Å². The van der Waals surface area contributed by atoms with Crippen LogP contribution in [0.15, 0.2) is 60.7 Å². The summed E-state index contributed by atoms with van der Waals surface area (Å²) < 4.78 is 5.51. The monoisotopic (exact) mass is 382 g/mol. The van der Waals surface area contributed by atoms with Gasteiger partial charge in [-0.2, -0.15) is 0 Å². The SMILES string of the molecule is O=COc1ccc(-c2ccc3ccccc3c2)cc1C12CC3CC(CC(C3)C1)C2. The van der Waals surface area contributed by atoms with E-state index in [4.69, 9.17) is 4.74 Å². The highest BCUT2D eigenvalue weighted by molar-refractivity contribution is 5.87. The molecule has 3 aromatic carbocycles. The van der Waals surface area contributed by atoms with Crippen molar-refractivity contribution in [2.75, 3.05) is 0 Å². The highest BCUT2D eigenvalue weighted by Crippen LogP contribution is 2.62. The molecule has 0 amide bonds. The summed E-state index contributed by atoms with van der Waals surface area (Å²) in [6, 6.07) is 21.6. The lowest BCUT2D eigenvalue weighted by Gasteiger charge is -2.57. The maximum atomic E-state index is 11.2. The Balaban J connectivity index is 1.47. The number of fused-ring (bicyclic) bond motifs is 1. The summed E-state index contributed by atoms with van der Waals surface area (Å²) in [5.74, 6) is 3.34. The van der Waals surface area contributed by atoms with Gasteiger partial charge in [-0.3, -0.25) is 4.79 Å². The van der Waals surface area contributed by atoms with Gasteiger partial charge in [-0.15, -0.1) is 0 Å². The van der Waals surface area contributed by atoms with E-state index in [9.17, 15) is 4.79 Å². The Bertz CT molecular complexity index is 1060. The van der Waals surface area contributed by atoms with Crippen molar-refractivity contribution in [1.29, 1.82) is 0 Å². The van der Waals surface area contributed by atoms with Crippen LogP contribution < -0.4 is 4.74 Å². The van der Waals surface area contributed by atoms with Gasteiger partial charge in [0.2, 0.25) is 0 Å². The third kappa shape index (κ3) is 2.80. The summed E-state index contributed by atoms with van der Waals surface area (Å²) in [7, 11) is 0. The Morgan fingerprint density at radius 2 is 1.38 bits per heavy atom. The van der Waals surface area contributed by atoms with E-state index in [-0.39, 0.29) is 5.41 Å². The van der Waals surface area contributed by atoms with E-state index in [0.29, 0.717) is 6.47 Å². The molecule has 4 saturated carbocycles. The van der Waals surface area contributed by atoms with Crippen LogP contribution >= 0.6 is 0 Å². The number of hydrogen-bond donors (Lipinski definition) is 0. The summed E-state index contributed by atoms with van der Waals surface area (Å²) >= 11 is 0. The van der Waals surface area contributed by atoms with E-state index in [2.05, 4.69) is 54.6 Å². The van der Waals surface area contributed by atoms with Crippen LogP contribution in [0.1, 0.15) is 44.1 Å². The minimum Gasteiger partial charge on any atom is -0.428 e. The quantitative estimate of drug-likeness (QED) is 0.481. The molecule has 0 saturated heterocycles. The van der Waals surface area contributed by atoms with Gasteiger partial charge in [0.1, 0.15) is 5.75 Å². The Kier molecular flexibility index (Phi) is 3.84. The van der Waals surface area contributed by atoms with E-state index in [1.54, 1.807) is 0 Å². The topological polar surface area (TPSA) is 26.3 Å². The number of hydrogen-bond acceptors (Lipinski definition) is 2. The van der Waals surface area contributed by atoms with Crippen molar-refractivity contribution in [3.63, 3.8) is 0 Å². The predicted molar refractivity (Wildman–Crippen MR) is 116 cm³/mol. The largest absolute Gasteiger partial charge is 0.428 e. The third-order valence-electron chi connectivity index (χ3n) is 7.85. The maximum absolute atomic E-state index is 11.2. The molecule has 0 N–H and O–H groups in total. The van der Waals surface area contributed by atoms with Crippen LogP contribution in [0.5, 0.6) is 5.75 Å². The Morgan fingerprint density at radius 3 is 2.07 bits per heavy atom. The molecule has 4 aliphatic rings. The molecule has 0 heterocycles. The van der Waals surface area contributed by atoms with E-state index in [1.165, 1.54) is 66.0 Å². The normalized spacial score (nSPS) is 29.9. The van der Waals surface area contributed by atoms with Crippen molar-refractivity contribution in [2.24, 2.45) is 17.8 Å². The van der Waals surface area contributed by atoms with Crippen molar-refractivity contribution in [2.45, 2.75) is 43.9 Å². The Hall–Kier alpha value is -2.61. The molecule has 0 unspecified atom stereocenters. The number of carbonyl (C=O) groups is 1. The van der Waals surface area contributed by atoms with Gasteiger partial charge in [-0.05, 0) is 102 Å². The molecular formula is C27H26O2. The smallest absolute Gasteiger partial charge is 0.298 e. The molecule has 29 heavy (non-hydrogen) atoms. The van der Waals surface area contributed by atoms with E-state index in [1.807, 2.05) is 6.07 Å². The van der Waals surface area contributed by atoms with Crippen LogP contribution in [0.2, 0.25) is 0 Å². The standard InChI is InChI=1S/C27H26O2/c28-17-29-26-8-7-24(23-6-5-21-3-1-2-4-22(21)12-23)13-25(26)27-14-18-9-19(15-27)11-20(10-18)16-27/h1-8,12-13,17-20H,9-11,14-16H2. The third-order valence-corrected chi connectivity index (χ3v) is 7.85. The minimum absolute atomic E-state index is 0.194. The fraction of sp³-hybridized carbons (Fsp3) is 0.370. The first kappa shape index (κ1) is 17.3. The van der Waals surface area contributed by atoms with Crippen LogP contribution in [0.3, 0.4) is 0 Å². The molecule has 4 bridgehead atoms. The van der Waals surface area contributed by atoms with Crippen LogP contribution in [-0.4, -0.2) is 6.47 Å². The van der Waals surface area contributed by atoms with Gasteiger partial charge in [0.25, 0.3) is 6.47 Å². The average Bonchev–Trinajstić information content (AvgIpc) is 2.73. The van der Waals surface area contributed by atoms with Crippen molar-refractivity contribution in [3.05, 3.63) is 66.2 Å². The molecule has 0 radical (unpaired) electrons. The Labute approximate surface area is 171 Å². The van der Waals surface area contributed by atoms with Gasteiger partial charge in [0.05, 0.1) is 0 Å². The molecule has 0 aliphatic heterocycles. The highest BCUT2D eigenvalue weighted by atomic mass is 16.5. The summed E-state index contributed by atoms with van der Waals surface area (Å²) in [6.07, 6.45) is 8.01.